The average molecular weight is 477 g/mol. The van der Waals surface area contributed by atoms with E-state index >= 15 is 0 Å². The molecule has 0 radical (unpaired) electrons. The number of anilines is 1. The van der Waals surface area contributed by atoms with Gasteiger partial charge in [-0.15, -0.1) is 22.6 Å². The predicted molar refractivity (Wildman–Crippen MR) is 130 cm³/mol. The quantitative estimate of drug-likeness (QED) is 0.498. The van der Waals surface area contributed by atoms with E-state index < -0.39 is 6.43 Å². The molecule has 1 fully saturated rings. The molecule has 33 heavy (non-hydrogen) atoms. The van der Waals surface area contributed by atoms with Gasteiger partial charge in [0, 0.05) is 47.1 Å². The summed E-state index contributed by atoms with van der Waals surface area (Å²) in [5, 5.41) is 19.0. The first-order chi connectivity index (χ1) is 15.0. The summed E-state index contributed by atoms with van der Waals surface area (Å²) < 4.78 is 27.7. The maximum atomic E-state index is 13.8. The number of piperidine rings is 1. The van der Waals surface area contributed by atoms with Gasteiger partial charge in [0.05, 0.1) is 11.9 Å². The first-order valence-corrected chi connectivity index (χ1v) is 10.8. The van der Waals surface area contributed by atoms with E-state index in [2.05, 4.69) is 58.3 Å². The molecule has 0 atom stereocenters. The van der Waals surface area contributed by atoms with Crippen LogP contribution in [0.2, 0.25) is 0 Å². The van der Waals surface area contributed by atoms with Crippen LogP contribution in [0.4, 0.5) is 14.6 Å². The van der Waals surface area contributed by atoms with Crippen LogP contribution in [-0.4, -0.2) is 44.6 Å². The Morgan fingerprint density at radius 1 is 1.00 bits per heavy atom. The standard InChI is InChI=1S/C24H30F2N6.ClH/c1-23(2)11-17(12-24(3,4)31-23)32(5)21-9-8-20(29-30-21)18-7-6-15(10-19(18)22(25)26)16-13-27-28-14-16;/h6-10,13-14,17,22,31H,11-12H2,1-5H3,(H,27,28);1H. The smallest absolute Gasteiger partial charge is 0.264 e. The molecule has 0 unspecified atom stereocenters. The van der Waals surface area contributed by atoms with Gasteiger partial charge in [-0.2, -0.15) is 5.10 Å². The molecule has 4 rings (SSSR count). The van der Waals surface area contributed by atoms with Gasteiger partial charge >= 0.3 is 0 Å². The number of nitrogens with one attached hydrogen (secondary N) is 2. The van der Waals surface area contributed by atoms with Crippen LogP contribution < -0.4 is 10.2 Å². The van der Waals surface area contributed by atoms with E-state index in [1.165, 1.54) is 6.07 Å². The van der Waals surface area contributed by atoms with Gasteiger partial charge in [0.15, 0.2) is 5.82 Å². The van der Waals surface area contributed by atoms with E-state index in [0.717, 1.165) is 24.2 Å². The molecule has 0 amide bonds. The summed E-state index contributed by atoms with van der Waals surface area (Å²) in [6, 6.07) is 8.90. The van der Waals surface area contributed by atoms with E-state index in [1.54, 1.807) is 30.6 Å². The van der Waals surface area contributed by atoms with Gasteiger partial charge in [0.1, 0.15) is 0 Å². The van der Waals surface area contributed by atoms with Crippen LogP contribution in [0.3, 0.4) is 0 Å². The molecule has 1 aliphatic heterocycles. The lowest BCUT2D eigenvalue weighted by Crippen LogP contribution is -2.62. The summed E-state index contributed by atoms with van der Waals surface area (Å²) in [5.74, 6) is 0.737. The number of H-pyrrole nitrogens is 1. The SMILES string of the molecule is CN(c1ccc(-c2ccc(-c3cn[nH]c3)cc2C(F)F)nn1)C1CC(C)(C)NC(C)(C)C1.Cl. The lowest BCUT2D eigenvalue weighted by Gasteiger charge is -2.49. The number of halogens is 3. The van der Waals surface area contributed by atoms with Crippen LogP contribution in [0.25, 0.3) is 22.4 Å². The lowest BCUT2D eigenvalue weighted by atomic mass is 9.79. The fourth-order valence-corrected chi connectivity index (χ4v) is 4.95. The third kappa shape index (κ3) is 5.50. The van der Waals surface area contributed by atoms with E-state index in [9.17, 15) is 8.78 Å². The zero-order valence-electron chi connectivity index (χ0n) is 19.6. The number of hydrogen-bond acceptors (Lipinski definition) is 5. The monoisotopic (exact) mass is 476 g/mol. The van der Waals surface area contributed by atoms with Gasteiger partial charge in [-0.05, 0) is 64.3 Å². The summed E-state index contributed by atoms with van der Waals surface area (Å²) in [6.45, 7) is 8.84. The van der Waals surface area contributed by atoms with Crippen molar-refractivity contribution in [1.82, 2.24) is 25.7 Å². The van der Waals surface area contributed by atoms with Crippen molar-refractivity contribution < 1.29 is 8.78 Å². The number of alkyl halides is 2. The van der Waals surface area contributed by atoms with E-state index in [4.69, 9.17) is 0 Å². The number of nitrogens with zero attached hydrogens (tertiary/aromatic N) is 4. The molecule has 0 bridgehead atoms. The van der Waals surface area contributed by atoms with Crippen molar-refractivity contribution in [2.45, 2.75) is 64.1 Å². The molecule has 1 saturated heterocycles. The zero-order chi connectivity index (χ0) is 23.1. The topological polar surface area (TPSA) is 69.7 Å². The Kier molecular flexibility index (Phi) is 7.10. The van der Waals surface area contributed by atoms with Crippen LogP contribution in [0.15, 0.2) is 42.7 Å². The second-order valence-corrected chi connectivity index (χ2v) is 9.93. The van der Waals surface area contributed by atoms with Crippen molar-refractivity contribution in [3.63, 3.8) is 0 Å². The highest BCUT2D eigenvalue weighted by molar-refractivity contribution is 5.85. The molecule has 9 heteroatoms. The van der Waals surface area contributed by atoms with Crippen LogP contribution in [0, 0.1) is 0 Å². The lowest BCUT2D eigenvalue weighted by molar-refractivity contribution is 0.152. The molecular weight excluding hydrogens is 446 g/mol. The maximum absolute atomic E-state index is 13.8. The Morgan fingerprint density at radius 2 is 1.70 bits per heavy atom. The highest BCUT2D eigenvalue weighted by Gasteiger charge is 2.39. The van der Waals surface area contributed by atoms with Crippen LogP contribution in [-0.2, 0) is 0 Å². The summed E-state index contributed by atoms with van der Waals surface area (Å²) in [4.78, 5) is 2.15. The zero-order valence-corrected chi connectivity index (χ0v) is 20.4. The minimum atomic E-state index is -2.62. The van der Waals surface area contributed by atoms with Crippen LogP contribution >= 0.6 is 12.4 Å². The summed E-state index contributed by atoms with van der Waals surface area (Å²) >= 11 is 0. The van der Waals surface area contributed by atoms with Crippen molar-refractivity contribution in [1.29, 1.82) is 0 Å². The molecule has 0 spiro atoms. The third-order valence-electron chi connectivity index (χ3n) is 6.12. The van der Waals surface area contributed by atoms with E-state index in [1.807, 2.05) is 13.1 Å². The molecule has 3 aromatic rings. The molecule has 0 saturated carbocycles. The highest BCUT2D eigenvalue weighted by atomic mass is 35.5. The van der Waals surface area contributed by atoms with Crippen LogP contribution in [0.5, 0.6) is 0 Å². The van der Waals surface area contributed by atoms with Crippen molar-refractivity contribution in [2.24, 2.45) is 0 Å². The predicted octanol–water partition coefficient (Wildman–Crippen LogP) is 5.64. The van der Waals surface area contributed by atoms with Gasteiger partial charge in [-0.3, -0.25) is 5.10 Å². The van der Waals surface area contributed by atoms with Gasteiger partial charge in [0.2, 0.25) is 0 Å². The average Bonchev–Trinajstić information content (AvgIpc) is 3.25. The molecule has 178 valence electrons. The van der Waals surface area contributed by atoms with Crippen molar-refractivity contribution in [3.05, 3.63) is 48.3 Å². The molecule has 2 N–H and O–H groups in total. The Hall–Kier alpha value is -2.58. The number of hydrogen-bond donors (Lipinski definition) is 2. The molecule has 6 nitrogen and oxygen atoms in total. The summed E-state index contributed by atoms with van der Waals surface area (Å²) in [5.41, 5.74) is 2.21. The minimum absolute atomic E-state index is 0. The molecule has 3 heterocycles. The second kappa shape index (κ2) is 9.35. The first kappa shape index (κ1) is 25.1. The molecule has 1 aromatic carbocycles. The second-order valence-electron chi connectivity index (χ2n) is 9.93. The van der Waals surface area contributed by atoms with Gasteiger partial charge in [0.25, 0.3) is 6.43 Å². The number of aromatic amines is 1. The summed E-state index contributed by atoms with van der Waals surface area (Å²) in [6.07, 6.45) is 2.61. The Balaban J connectivity index is 0.00000306. The van der Waals surface area contributed by atoms with E-state index in [0.29, 0.717) is 22.9 Å². The van der Waals surface area contributed by atoms with E-state index in [-0.39, 0.29) is 29.0 Å². The fraction of sp³-hybridized carbons (Fsp3) is 0.458. The minimum Gasteiger partial charge on any atom is -0.355 e. The molecular formula is C24H31ClF2N6. The number of rotatable bonds is 5. The third-order valence-corrected chi connectivity index (χ3v) is 6.12. The van der Waals surface area contributed by atoms with Gasteiger partial charge < -0.3 is 10.2 Å². The number of benzene rings is 1. The van der Waals surface area contributed by atoms with Crippen molar-refractivity contribution in [3.8, 4) is 22.4 Å². The Morgan fingerprint density at radius 3 is 2.24 bits per heavy atom. The number of aromatic nitrogens is 4. The van der Waals surface area contributed by atoms with Crippen molar-refractivity contribution >= 4 is 18.2 Å². The normalized spacial score (nSPS) is 17.6. The molecule has 0 aliphatic carbocycles. The largest absolute Gasteiger partial charge is 0.355 e. The Bertz CT molecular complexity index is 1050. The highest BCUT2D eigenvalue weighted by Crippen LogP contribution is 2.35. The van der Waals surface area contributed by atoms with Crippen LogP contribution in [0.1, 0.15) is 52.5 Å². The van der Waals surface area contributed by atoms with Crippen molar-refractivity contribution in [2.75, 3.05) is 11.9 Å². The molecule has 1 aliphatic rings. The Labute approximate surface area is 199 Å². The molecule has 2 aromatic heterocycles. The van der Waals surface area contributed by atoms with Gasteiger partial charge in [-0.1, -0.05) is 12.1 Å². The fourth-order valence-electron chi connectivity index (χ4n) is 4.95. The summed E-state index contributed by atoms with van der Waals surface area (Å²) in [7, 11) is 2.02. The van der Waals surface area contributed by atoms with Gasteiger partial charge in [-0.25, -0.2) is 8.78 Å². The maximum Gasteiger partial charge on any atom is 0.264 e. The first-order valence-electron chi connectivity index (χ1n) is 10.8.